The van der Waals surface area contributed by atoms with Crippen LogP contribution in [-0.4, -0.2) is 23.9 Å². The van der Waals surface area contributed by atoms with Gasteiger partial charge in [-0.1, -0.05) is 24.3 Å². The van der Waals surface area contributed by atoms with E-state index < -0.39 is 6.10 Å². The lowest BCUT2D eigenvalue weighted by Crippen LogP contribution is -2.41. The highest BCUT2D eigenvalue weighted by Crippen LogP contribution is 2.29. The number of nitrogens with one attached hydrogen (secondary N) is 1. The molecule has 0 aliphatic carbocycles. The Morgan fingerprint density at radius 3 is 2.71 bits per heavy atom. The number of aryl methyl sites for hydroxylation is 1. The average molecular weight is 330 g/mol. The first-order valence-electron chi connectivity index (χ1n) is 8.27. The van der Waals surface area contributed by atoms with Crippen molar-refractivity contribution in [2.75, 3.05) is 6.54 Å². The Kier molecular flexibility index (Phi) is 5.45. The van der Waals surface area contributed by atoms with Gasteiger partial charge in [-0.15, -0.1) is 0 Å². The fourth-order valence-corrected chi connectivity index (χ4v) is 2.94. The van der Waals surface area contributed by atoms with Crippen molar-refractivity contribution in [1.29, 1.82) is 0 Å². The third-order valence-corrected chi connectivity index (χ3v) is 4.37. The zero-order valence-electron chi connectivity index (χ0n) is 13.5. The summed E-state index contributed by atoms with van der Waals surface area (Å²) in [6, 6.07) is 12.6. The Bertz CT molecular complexity index is 676. The first-order valence-corrected chi connectivity index (χ1v) is 8.27. The molecule has 1 aliphatic rings. The van der Waals surface area contributed by atoms with Crippen LogP contribution in [0, 0.1) is 5.82 Å². The van der Waals surface area contributed by atoms with E-state index in [4.69, 9.17) is 10.5 Å². The molecular formula is C19H23FN2O2. The number of halogens is 1. The van der Waals surface area contributed by atoms with E-state index in [0.29, 0.717) is 31.8 Å². The first-order chi connectivity index (χ1) is 11.7. The Morgan fingerprint density at radius 2 is 1.96 bits per heavy atom. The Hall–Kier alpha value is -1.95. The number of ether oxygens (including phenoxy) is 1. The minimum atomic E-state index is -0.605. The highest BCUT2D eigenvalue weighted by atomic mass is 19.1. The van der Waals surface area contributed by atoms with Crippen LogP contribution >= 0.6 is 0 Å². The summed E-state index contributed by atoms with van der Waals surface area (Å²) >= 11 is 0. The van der Waals surface area contributed by atoms with Crippen LogP contribution in [0.1, 0.15) is 23.1 Å². The van der Waals surface area contributed by atoms with E-state index in [9.17, 15) is 9.50 Å². The number of hydrogen-bond acceptors (Lipinski definition) is 4. The molecule has 2 aromatic carbocycles. The molecule has 3 rings (SSSR count). The van der Waals surface area contributed by atoms with Crippen LogP contribution in [0.2, 0.25) is 0 Å². The molecule has 5 heteroatoms. The molecule has 0 spiro atoms. The molecule has 24 heavy (non-hydrogen) atoms. The zero-order chi connectivity index (χ0) is 16.9. The minimum absolute atomic E-state index is 0.251. The van der Waals surface area contributed by atoms with E-state index in [0.717, 1.165) is 23.1 Å². The second-order valence-electron chi connectivity index (χ2n) is 6.17. The summed E-state index contributed by atoms with van der Waals surface area (Å²) in [7, 11) is 0. The second kappa shape index (κ2) is 7.75. The molecule has 2 unspecified atom stereocenters. The number of nitrogens with two attached hydrogens (primary N) is 1. The maximum Gasteiger partial charge on any atom is 0.126 e. The van der Waals surface area contributed by atoms with Crippen LogP contribution in [0.25, 0.3) is 0 Å². The molecule has 4 nitrogen and oxygen atoms in total. The molecular weight excluding hydrogens is 307 g/mol. The monoisotopic (exact) mass is 330 g/mol. The van der Waals surface area contributed by atoms with Gasteiger partial charge >= 0.3 is 0 Å². The lowest BCUT2D eigenvalue weighted by Gasteiger charge is -2.29. The third kappa shape index (κ3) is 4.12. The molecule has 0 amide bonds. The van der Waals surface area contributed by atoms with Crippen molar-refractivity contribution in [2.45, 2.75) is 38.1 Å². The van der Waals surface area contributed by atoms with E-state index >= 15 is 0 Å². The number of aliphatic hydroxyl groups is 1. The quantitative estimate of drug-likeness (QED) is 0.759. The van der Waals surface area contributed by atoms with E-state index in [1.807, 2.05) is 24.3 Å². The van der Waals surface area contributed by atoms with Crippen molar-refractivity contribution in [1.82, 2.24) is 5.32 Å². The van der Waals surface area contributed by atoms with Gasteiger partial charge in [0.15, 0.2) is 0 Å². The summed E-state index contributed by atoms with van der Waals surface area (Å²) in [5.41, 5.74) is 8.69. The molecule has 1 heterocycles. The molecule has 2 atom stereocenters. The van der Waals surface area contributed by atoms with Gasteiger partial charge in [0, 0.05) is 19.6 Å². The Balaban J connectivity index is 1.48. The van der Waals surface area contributed by atoms with Crippen molar-refractivity contribution in [3.8, 4) is 5.75 Å². The number of aliphatic hydroxyl groups excluding tert-OH is 1. The van der Waals surface area contributed by atoms with Crippen molar-refractivity contribution in [2.24, 2.45) is 5.73 Å². The molecule has 0 fully saturated rings. The lowest BCUT2D eigenvalue weighted by atomic mass is 9.99. The van der Waals surface area contributed by atoms with Gasteiger partial charge < -0.3 is 20.9 Å². The molecule has 0 radical (unpaired) electrons. The molecule has 128 valence electrons. The molecule has 2 aromatic rings. The molecule has 0 aromatic heterocycles. The predicted molar refractivity (Wildman–Crippen MR) is 91.2 cm³/mol. The molecule has 0 saturated heterocycles. The first kappa shape index (κ1) is 16.9. The van der Waals surface area contributed by atoms with Crippen molar-refractivity contribution in [3.63, 3.8) is 0 Å². The van der Waals surface area contributed by atoms with E-state index in [1.165, 1.54) is 12.1 Å². The van der Waals surface area contributed by atoms with Gasteiger partial charge in [0.2, 0.25) is 0 Å². The van der Waals surface area contributed by atoms with Gasteiger partial charge in [-0.25, -0.2) is 4.39 Å². The van der Waals surface area contributed by atoms with Crippen LogP contribution in [0.4, 0.5) is 4.39 Å². The van der Waals surface area contributed by atoms with Gasteiger partial charge in [-0.2, -0.15) is 0 Å². The topological polar surface area (TPSA) is 67.5 Å². The largest absolute Gasteiger partial charge is 0.487 e. The van der Waals surface area contributed by atoms with E-state index in [-0.39, 0.29) is 11.9 Å². The van der Waals surface area contributed by atoms with Crippen LogP contribution in [0.5, 0.6) is 5.75 Å². The highest BCUT2D eigenvalue weighted by molar-refractivity contribution is 5.36. The van der Waals surface area contributed by atoms with Crippen LogP contribution < -0.4 is 15.8 Å². The zero-order valence-corrected chi connectivity index (χ0v) is 13.5. The van der Waals surface area contributed by atoms with Crippen molar-refractivity contribution >= 4 is 0 Å². The van der Waals surface area contributed by atoms with Crippen molar-refractivity contribution in [3.05, 3.63) is 65.0 Å². The SMILES string of the molecule is NCc1ccc(CNCC(O)C2CCc3cc(F)ccc3O2)cc1. The van der Waals surface area contributed by atoms with Gasteiger partial charge in [-0.3, -0.25) is 0 Å². The fourth-order valence-electron chi connectivity index (χ4n) is 2.94. The van der Waals surface area contributed by atoms with Crippen LogP contribution in [-0.2, 0) is 19.5 Å². The van der Waals surface area contributed by atoms with E-state index in [1.54, 1.807) is 6.07 Å². The summed E-state index contributed by atoms with van der Waals surface area (Å²) in [5, 5.41) is 13.6. The molecule has 1 aliphatic heterocycles. The predicted octanol–water partition coefficient (Wildman–Crippen LogP) is 2.13. The molecule has 0 saturated carbocycles. The standard InChI is InChI=1S/C19H23FN2O2/c20-16-6-8-18-15(9-16)5-7-19(24-18)17(23)12-22-11-14-3-1-13(10-21)2-4-14/h1-4,6,8-9,17,19,22-23H,5,7,10-12,21H2. The number of fused-ring (bicyclic) bond motifs is 1. The number of hydrogen-bond donors (Lipinski definition) is 3. The Morgan fingerprint density at radius 1 is 1.21 bits per heavy atom. The summed E-state index contributed by atoms with van der Waals surface area (Å²) in [5.74, 6) is 0.419. The normalized spacial score (nSPS) is 17.9. The summed E-state index contributed by atoms with van der Waals surface area (Å²) < 4.78 is 19.0. The van der Waals surface area contributed by atoms with Gasteiger partial charge in [-0.05, 0) is 47.7 Å². The van der Waals surface area contributed by atoms with Crippen molar-refractivity contribution < 1.29 is 14.2 Å². The summed E-state index contributed by atoms with van der Waals surface area (Å²) in [6.45, 7) is 1.66. The minimum Gasteiger partial charge on any atom is -0.487 e. The molecule has 0 bridgehead atoms. The van der Waals surface area contributed by atoms with Crippen LogP contribution in [0.3, 0.4) is 0 Å². The highest BCUT2D eigenvalue weighted by Gasteiger charge is 2.26. The lowest BCUT2D eigenvalue weighted by molar-refractivity contribution is 0.0243. The fraction of sp³-hybridized carbons (Fsp3) is 0.368. The second-order valence-corrected chi connectivity index (χ2v) is 6.17. The maximum absolute atomic E-state index is 13.2. The van der Waals surface area contributed by atoms with Gasteiger partial charge in [0.25, 0.3) is 0 Å². The number of rotatable bonds is 6. The summed E-state index contributed by atoms with van der Waals surface area (Å²) in [4.78, 5) is 0. The van der Waals surface area contributed by atoms with Crippen LogP contribution in [0.15, 0.2) is 42.5 Å². The van der Waals surface area contributed by atoms with E-state index in [2.05, 4.69) is 5.32 Å². The molecule has 4 N–H and O–H groups in total. The van der Waals surface area contributed by atoms with Gasteiger partial charge in [0.05, 0.1) is 0 Å². The van der Waals surface area contributed by atoms with Gasteiger partial charge in [0.1, 0.15) is 23.8 Å². The maximum atomic E-state index is 13.2. The smallest absolute Gasteiger partial charge is 0.126 e. The number of benzene rings is 2. The summed E-state index contributed by atoms with van der Waals surface area (Å²) in [6.07, 6.45) is 0.529. The third-order valence-electron chi connectivity index (χ3n) is 4.37. The Labute approximate surface area is 141 Å². The average Bonchev–Trinajstić information content (AvgIpc) is 2.61.